The van der Waals surface area contributed by atoms with E-state index in [0.29, 0.717) is 5.69 Å². The van der Waals surface area contributed by atoms with Gasteiger partial charge in [-0.25, -0.2) is 4.98 Å². The highest BCUT2D eigenvalue weighted by atomic mass is 16.2. The molecule has 0 unspecified atom stereocenters. The smallest absolute Gasteiger partial charge is 0.270 e. The molecule has 1 spiro atoms. The van der Waals surface area contributed by atoms with Gasteiger partial charge in [-0.15, -0.1) is 0 Å². The molecule has 1 saturated heterocycles. The Kier molecular flexibility index (Phi) is 3.92. The van der Waals surface area contributed by atoms with Crippen LogP contribution in [0.3, 0.4) is 0 Å². The normalized spacial score (nSPS) is 20.3. The third kappa shape index (κ3) is 2.36. The van der Waals surface area contributed by atoms with E-state index in [0.717, 1.165) is 51.9 Å². The van der Waals surface area contributed by atoms with Gasteiger partial charge < -0.3 is 14.9 Å². The maximum Gasteiger partial charge on any atom is 0.270 e. The summed E-state index contributed by atoms with van der Waals surface area (Å²) in [6.07, 6.45) is 7.74. The van der Waals surface area contributed by atoms with Crippen LogP contribution in [-0.2, 0) is 12.0 Å². The zero-order valence-electron chi connectivity index (χ0n) is 14.2. The first kappa shape index (κ1) is 15.4. The number of amides is 1. The van der Waals surface area contributed by atoms with Crippen molar-refractivity contribution >= 4 is 5.91 Å². The van der Waals surface area contributed by atoms with E-state index in [2.05, 4.69) is 26.8 Å². The van der Waals surface area contributed by atoms with Crippen molar-refractivity contribution in [1.29, 1.82) is 0 Å². The summed E-state index contributed by atoms with van der Waals surface area (Å²) >= 11 is 0. The van der Waals surface area contributed by atoms with E-state index < -0.39 is 0 Å². The summed E-state index contributed by atoms with van der Waals surface area (Å²) in [5.41, 5.74) is 3.18. The predicted octanol–water partition coefficient (Wildman–Crippen LogP) is 2.14. The van der Waals surface area contributed by atoms with Gasteiger partial charge in [0.2, 0.25) is 0 Å². The monoisotopic (exact) mass is 327 g/mol. The number of H-pyrrole nitrogens is 2. The summed E-state index contributed by atoms with van der Waals surface area (Å²) in [6.45, 7) is 5.97. The first-order valence-corrected chi connectivity index (χ1v) is 8.95. The zero-order chi connectivity index (χ0) is 16.6. The molecule has 0 aliphatic carbocycles. The molecule has 0 radical (unpaired) electrons. The number of aromatic nitrogens is 3. The van der Waals surface area contributed by atoms with Crippen LogP contribution in [0, 0.1) is 0 Å². The van der Waals surface area contributed by atoms with Crippen molar-refractivity contribution in [1.82, 2.24) is 24.8 Å². The molecule has 4 heterocycles. The molecule has 2 aromatic rings. The number of fused-ring (bicyclic) bond motifs is 2. The molecule has 1 amide bonds. The second-order valence-electron chi connectivity index (χ2n) is 6.87. The Balaban J connectivity index is 1.57. The van der Waals surface area contributed by atoms with Crippen molar-refractivity contribution in [3.8, 4) is 0 Å². The molecule has 0 saturated carbocycles. The van der Waals surface area contributed by atoms with Crippen LogP contribution < -0.4 is 0 Å². The van der Waals surface area contributed by atoms with Crippen LogP contribution in [-0.4, -0.2) is 56.8 Å². The second-order valence-corrected chi connectivity index (χ2v) is 6.87. The Morgan fingerprint density at radius 1 is 1.29 bits per heavy atom. The third-order valence-corrected chi connectivity index (χ3v) is 5.60. The molecular formula is C18H25N5O. The summed E-state index contributed by atoms with van der Waals surface area (Å²) in [5, 5.41) is 0. The van der Waals surface area contributed by atoms with Crippen molar-refractivity contribution in [3.05, 3.63) is 41.7 Å². The van der Waals surface area contributed by atoms with Crippen molar-refractivity contribution in [2.45, 2.75) is 38.1 Å². The van der Waals surface area contributed by atoms with Gasteiger partial charge in [0.25, 0.3) is 5.91 Å². The molecule has 0 atom stereocenters. The van der Waals surface area contributed by atoms with Gasteiger partial charge in [-0.1, -0.05) is 6.92 Å². The van der Waals surface area contributed by atoms with Gasteiger partial charge in [-0.05, 0) is 37.9 Å². The van der Waals surface area contributed by atoms with Gasteiger partial charge in [0.05, 0.1) is 17.6 Å². The maximum atomic E-state index is 12.6. The average Bonchev–Trinajstić information content (AvgIpc) is 3.29. The van der Waals surface area contributed by atoms with Crippen molar-refractivity contribution in [2.75, 3.05) is 26.2 Å². The first-order chi connectivity index (χ1) is 11.7. The molecule has 1 fully saturated rings. The fourth-order valence-corrected chi connectivity index (χ4v) is 4.39. The van der Waals surface area contributed by atoms with Gasteiger partial charge in [-0.2, -0.15) is 0 Å². The largest absolute Gasteiger partial charge is 0.357 e. The van der Waals surface area contributed by atoms with E-state index in [-0.39, 0.29) is 11.4 Å². The lowest BCUT2D eigenvalue weighted by Crippen LogP contribution is -2.57. The average molecular weight is 327 g/mol. The molecule has 6 nitrogen and oxygen atoms in total. The van der Waals surface area contributed by atoms with Crippen LogP contribution in [0.4, 0.5) is 0 Å². The molecule has 0 aromatic carbocycles. The van der Waals surface area contributed by atoms with Crippen molar-refractivity contribution < 1.29 is 4.79 Å². The van der Waals surface area contributed by atoms with Crippen molar-refractivity contribution in [3.63, 3.8) is 0 Å². The van der Waals surface area contributed by atoms with E-state index in [1.54, 1.807) is 6.20 Å². The van der Waals surface area contributed by atoms with E-state index in [9.17, 15) is 4.79 Å². The minimum Gasteiger partial charge on any atom is -0.357 e. The van der Waals surface area contributed by atoms with E-state index in [1.165, 1.54) is 11.4 Å². The lowest BCUT2D eigenvalue weighted by Gasteiger charge is -2.50. The number of hydrogen-bond donors (Lipinski definition) is 2. The molecule has 2 N–H and O–H groups in total. The Morgan fingerprint density at radius 3 is 2.83 bits per heavy atom. The van der Waals surface area contributed by atoms with Crippen LogP contribution in [0.1, 0.15) is 48.1 Å². The fraction of sp³-hybridized carbons (Fsp3) is 0.556. The maximum absolute atomic E-state index is 12.6. The Labute approximate surface area is 142 Å². The van der Waals surface area contributed by atoms with Crippen molar-refractivity contribution in [2.24, 2.45) is 0 Å². The minimum atomic E-state index is -0.00386. The number of piperidine rings is 1. The number of imidazole rings is 1. The SMILES string of the molecule is CCCN1CCc2[nH]cnc2C12CCN(C(=O)c1ccc[nH]1)CC2. The summed E-state index contributed by atoms with van der Waals surface area (Å²) < 4.78 is 0. The molecule has 2 aliphatic rings. The summed E-state index contributed by atoms with van der Waals surface area (Å²) in [6, 6.07) is 3.72. The van der Waals surface area contributed by atoms with Crippen LogP contribution >= 0.6 is 0 Å². The minimum absolute atomic E-state index is 0.00386. The topological polar surface area (TPSA) is 68.0 Å². The van der Waals surface area contributed by atoms with E-state index in [1.807, 2.05) is 23.4 Å². The molecule has 0 bridgehead atoms. The number of hydrogen-bond acceptors (Lipinski definition) is 3. The summed E-state index contributed by atoms with van der Waals surface area (Å²) in [7, 11) is 0. The van der Waals surface area contributed by atoms with Gasteiger partial charge in [0, 0.05) is 37.9 Å². The van der Waals surface area contributed by atoms with Crippen LogP contribution in [0.25, 0.3) is 0 Å². The van der Waals surface area contributed by atoms with Gasteiger partial charge in [0.1, 0.15) is 5.69 Å². The van der Waals surface area contributed by atoms with Gasteiger partial charge in [0.15, 0.2) is 0 Å². The van der Waals surface area contributed by atoms with Gasteiger partial charge >= 0.3 is 0 Å². The summed E-state index contributed by atoms with van der Waals surface area (Å²) in [5.74, 6) is 0.106. The Bertz CT molecular complexity index is 697. The number of nitrogens with zero attached hydrogens (tertiary/aromatic N) is 3. The number of rotatable bonds is 3. The lowest BCUT2D eigenvalue weighted by molar-refractivity contribution is 0.00692. The molecular weight excluding hydrogens is 302 g/mol. The Morgan fingerprint density at radius 2 is 2.12 bits per heavy atom. The summed E-state index contributed by atoms with van der Waals surface area (Å²) in [4.78, 5) is 28.2. The lowest BCUT2D eigenvalue weighted by atomic mass is 9.78. The number of nitrogens with one attached hydrogen (secondary N) is 2. The molecule has 2 aliphatic heterocycles. The quantitative estimate of drug-likeness (QED) is 0.907. The third-order valence-electron chi connectivity index (χ3n) is 5.60. The highest BCUT2D eigenvalue weighted by molar-refractivity contribution is 5.92. The van der Waals surface area contributed by atoms with Crippen LogP contribution in [0.15, 0.2) is 24.7 Å². The van der Waals surface area contributed by atoms with Crippen LogP contribution in [0.5, 0.6) is 0 Å². The molecule has 2 aromatic heterocycles. The zero-order valence-corrected chi connectivity index (χ0v) is 14.2. The predicted molar refractivity (Wildman–Crippen MR) is 91.8 cm³/mol. The second kappa shape index (κ2) is 6.09. The standard InChI is InChI=1S/C18H25N5O/c1-2-9-23-10-5-14-16(21-13-20-14)18(23)6-11-22(12-7-18)17(24)15-4-3-8-19-15/h3-4,8,13,19H,2,5-7,9-12H2,1H3,(H,20,21). The van der Waals surface area contributed by atoms with Gasteiger partial charge in [-0.3, -0.25) is 9.69 Å². The Hall–Kier alpha value is -2.08. The first-order valence-electron chi connectivity index (χ1n) is 8.95. The number of likely N-dealkylation sites (tertiary alicyclic amines) is 1. The number of aromatic amines is 2. The highest BCUT2D eigenvalue weighted by Gasteiger charge is 2.46. The van der Waals surface area contributed by atoms with Crippen LogP contribution in [0.2, 0.25) is 0 Å². The van der Waals surface area contributed by atoms with E-state index >= 15 is 0 Å². The highest BCUT2D eigenvalue weighted by Crippen LogP contribution is 2.42. The molecule has 128 valence electrons. The number of carbonyl (C=O) groups excluding carboxylic acids is 1. The van der Waals surface area contributed by atoms with E-state index in [4.69, 9.17) is 0 Å². The number of carbonyl (C=O) groups is 1. The molecule has 4 rings (SSSR count). The molecule has 6 heteroatoms. The molecule has 24 heavy (non-hydrogen) atoms. The fourth-order valence-electron chi connectivity index (χ4n) is 4.39.